The highest BCUT2D eigenvalue weighted by molar-refractivity contribution is 5.94. The number of carboxylic acids is 1. The predicted octanol–water partition coefficient (Wildman–Crippen LogP) is -0.347. The van der Waals surface area contributed by atoms with Crippen LogP contribution in [0, 0.1) is 5.92 Å². The van der Waals surface area contributed by atoms with Crippen molar-refractivity contribution in [3.05, 3.63) is 29.8 Å². The molecule has 0 radical (unpaired) electrons. The highest BCUT2D eigenvalue weighted by Gasteiger charge is 2.34. The molecule has 1 saturated heterocycles. The number of phenols is 1. The van der Waals surface area contributed by atoms with Gasteiger partial charge in [0.25, 0.3) is 0 Å². The Balaban J connectivity index is 2.22. The molecule has 194 valence electrons. The number of rotatable bonds is 12. The zero-order valence-electron chi connectivity index (χ0n) is 20.3. The molecule has 0 bridgehead atoms. The lowest BCUT2D eigenvalue weighted by Crippen LogP contribution is -2.60. The van der Waals surface area contributed by atoms with Gasteiger partial charge < -0.3 is 36.6 Å². The van der Waals surface area contributed by atoms with Gasteiger partial charge in [0.05, 0.1) is 12.1 Å². The van der Waals surface area contributed by atoms with Crippen LogP contribution in [0.5, 0.6) is 5.75 Å². The summed E-state index contributed by atoms with van der Waals surface area (Å²) in [6, 6.07) is 2.17. The smallest absolute Gasteiger partial charge is 0.328 e. The molecule has 11 nitrogen and oxygen atoms in total. The van der Waals surface area contributed by atoms with Crippen LogP contribution < -0.4 is 21.3 Å². The number of aromatic hydroxyl groups is 1. The van der Waals surface area contributed by atoms with Gasteiger partial charge in [-0.3, -0.25) is 14.4 Å². The van der Waals surface area contributed by atoms with Crippen LogP contribution in [0.25, 0.3) is 0 Å². The van der Waals surface area contributed by atoms with Crippen LogP contribution in [0.3, 0.4) is 0 Å². The summed E-state index contributed by atoms with van der Waals surface area (Å²) in [6.07, 6.45) is 0.770. The van der Waals surface area contributed by atoms with Gasteiger partial charge in [-0.2, -0.15) is 0 Å². The lowest BCUT2D eigenvalue weighted by Gasteiger charge is -2.28. The van der Waals surface area contributed by atoms with Crippen LogP contribution >= 0.6 is 0 Å². The molecule has 6 unspecified atom stereocenters. The first-order valence-electron chi connectivity index (χ1n) is 11.9. The third-order valence-corrected chi connectivity index (χ3v) is 6.23. The minimum absolute atomic E-state index is 0.0635. The Bertz CT molecular complexity index is 884. The van der Waals surface area contributed by atoms with Crippen LogP contribution in [0.1, 0.15) is 45.6 Å². The number of aliphatic hydroxyl groups is 1. The molecule has 0 spiro atoms. The first-order chi connectivity index (χ1) is 16.5. The molecule has 1 aliphatic heterocycles. The van der Waals surface area contributed by atoms with Crippen LogP contribution in [-0.4, -0.2) is 75.8 Å². The normalized spacial score (nSPS) is 19.6. The van der Waals surface area contributed by atoms with Crippen molar-refractivity contribution < 1.29 is 34.5 Å². The van der Waals surface area contributed by atoms with E-state index in [9.17, 15) is 34.5 Å². The van der Waals surface area contributed by atoms with Crippen molar-refractivity contribution in [1.29, 1.82) is 0 Å². The molecule has 1 aromatic carbocycles. The first-order valence-corrected chi connectivity index (χ1v) is 11.9. The van der Waals surface area contributed by atoms with Crippen LogP contribution in [0.2, 0.25) is 0 Å². The van der Waals surface area contributed by atoms with E-state index in [1.807, 2.05) is 6.92 Å². The number of carbonyl (C=O) groups excluding carboxylic acids is 3. The molecule has 1 aromatic rings. The van der Waals surface area contributed by atoms with E-state index < -0.39 is 48.1 Å². The number of aliphatic carboxylic acids is 1. The SMILES string of the molecule is CCC(C)C(NC(=O)C(Cc1ccc(O)cc1)NC(=O)C1CCCN1)C(=O)NC(C(=O)O)C(C)O. The topological polar surface area (TPSA) is 177 Å². The van der Waals surface area contributed by atoms with Gasteiger partial charge in [0, 0.05) is 6.42 Å². The third-order valence-electron chi connectivity index (χ3n) is 6.23. The number of benzene rings is 1. The van der Waals surface area contributed by atoms with Crippen molar-refractivity contribution >= 4 is 23.7 Å². The van der Waals surface area contributed by atoms with Crippen LogP contribution in [0.15, 0.2) is 24.3 Å². The molecule has 11 heteroatoms. The number of phenolic OH excluding ortho intramolecular Hbond substituents is 1. The van der Waals surface area contributed by atoms with Crippen LogP contribution in [0.4, 0.5) is 0 Å². The van der Waals surface area contributed by atoms with E-state index in [0.717, 1.165) is 6.42 Å². The third kappa shape index (κ3) is 8.22. The van der Waals surface area contributed by atoms with Crippen molar-refractivity contribution in [3.63, 3.8) is 0 Å². The largest absolute Gasteiger partial charge is 0.508 e. The highest BCUT2D eigenvalue weighted by atomic mass is 16.4. The number of nitrogens with one attached hydrogen (secondary N) is 4. The molecule has 1 fully saturated rings. The Hall–Kier alpha value is -3.18. The van der Waals surface area contributed by atoms with Gasteiger partial charge in [-0.15, -0.1) is 0 Å². The Labute approximate surface area is 204 Å². The Morgan fingerprint density at radius 2 is 1.66 bits per heavy atom. The fraction of sp³-hybridized carbons (Fsp3) is 0.583. The van der Waals surface area contributed by atoms with E-state index in [-0.39, 0.29) is 24.0 Å². The van der Waals surface area contributed by atoms with E-state index in [1.54, 1.807) is 19.1 Å². The Morgan fingerprint density at radius 3 is 2.17 bits per heavy atom. The summed E-state index contributed by atoms with van der Waals surface area (Å²) in [6.45, 7) is 5.51. The zero-order chi connectivity index (χ0) is 26.1. The number of hydrogen-bond acceptors (Lipinski definition) is 7. The van der Waals surface area contributed by atoms with E-state index in [0.29, 0.717) is 24.9 Å². The second-order valence-corrected chi connectivity index (χ2v) is 9.02. The van der Waals surface area contributed by atoms with Crippen LogP contribution in [-0.2, 0) is 25.6 Å². The molecule has 0 aliphatic carbocycles. The van der Waals surface area contributed by atoms with Crippen molar-refractivity contribution in [1.82, 2.24) is 21.3 Å². The van der Waals surface area contributed by atoms with Gasteiger partial charge in [-0.05, 0) is 49.9 Å². The summed E-state index contributed by atoms with van der Waals surface area (Å²) in [5, 5.41) is 39.3. The predicted molar refractivity (Wildman–Crippen MR) is 127 cm³/mol. The molecule has 2 rings (SSSR count). The quantitative estimate of drug-likeness (QED) is 0.207. The van der Waals surface area contributed by atoms with Gasteiger partial charge in [-0.25, -0.2) is 4.79 Å². The zero-order valence-corrected chi connectivity index (χ0v) is 20.3. The van der Waals surface area contributed by atoms with E-state index in [4.69, 9.17) is 0 Å². The van der Waals surface area contributed by atoms with Gasteiger partial charge in [0.1, 0.15) is 17.8 Å². The molecule has 3 amide bonds. The minimum Gasteiger partial charge on any atom is -0.508 e. The Morgan fingerprint density at radius 1 is 1.03 bits per heavy atom. The minimum atomic E-state index is -1.54. The highest BCUT2D eigenvalue weighted by Crippen LogP contribution is 2.14. The van der Waals surface area contributed by atoms with Crippen molar-refractivity contribution in [2.75, 3.05) is 6.54 Å². The maximum absolute atomic E-state index is 13.3. The molecule has 1 heterocycles. The Kier molecular flexibility index (Phi) is 10.5. The van der Waals surface area contributed by atoms with E-state index in [1.165, 1.54) is 19.1 Å². The summed E-state index contributed by atoms with van der Waals surface area (Å²) >= 11 is 0. The molecule has 35 heavy (non-hydrogen) atoms. The molecule has 0 aromatic heterocycles. The average molecular weight is 493 g/mol. The van der Waals surface area contributed by atoms with Gasteiger partial charge in [0.15, 0.2) is 6.04 Å². The van der Waals surface area contributed by atoms with E-state index in [2.05, 4.69) is 21.3 Å². The van der Waals surface area contributed by atoms with Crippen molar-refractivity contribution in [2.24, 2.45) is 5.92 Å². The fourth-order valence-electron chi connectivity index (χ4n) is 3.85. The maximum Gasteiger partial charge on any atom is 0.328 e. The number of hydrogen-bond donors (Lipinski definition) is 7. The molecule has 0 saturated carbocycles. The summed E-state index contributed by atoms with van der Waals surface area (Å²) in [5.41, 5.74) is 0.687. The molecule has 7 N–H and O–H groups in total. The standard InChI is InChI=1S/C24H36N4O7/c1-4-13(2)19(23(33)28-20(14(3)29)24(34)35)27-22(32)18(12-15-7-9-16(30)10-8-15)26-21(31)17-6-5-11-25-17/h7-10,13-14,17-20,25,29-30H,4-6,11-12H2,1-3H3,(H,26,31)(H,27,32)(H,28,33)(H,34,35). The lowest BCUT2D eigenvalue weighted by atomic mass is 9.96. The molecular formula is C24H36N4O7. The molecule has 6 atom stereocenters. The number of amides is 3. The molecule has 1 aliphatic rings. The fourth-order valence-corrected chi connectivity index (χ4v) is 3.85. The van der Waals surface area contributed by atoms with E-state index >= 15 is 0 Å². The first kappa shape index (κ1) is 28.1. The second-order valence-electron chi connectivity index (χ2n) is 9.02. The van der Waals surface area contributed by atoms with Gasteiger partial charge in [-0.1, -0.05) is 32.4 Å². The average Bonchev–Trinajstić information content (AvgIpc) is 3.35. The van der Waals surface area contributed by atoms with Crippen molar-refractivity contribution in [3.8, 4) is 5.75 Å². The summed E-state index contributed by atoms with van der Waals surface area (Å²) in [7, 11) is 0. The van der Waals surface area contributed by atoms with Crippen molar-refractivity contribution in [2.45, 2.75) is 76.7 Å². The number of aliphatic hydroxyl groups excluding tert-OH is 1. The monoisotopic (exact) mass is 492 g/mol. The maximum atomic E-state index is 13.3. The summed E-state index contributed by atoms with van der Waals surface area (Å²) in [5.74, 6) is -3.37. The van der Waals surface area contributed by atoms with Gasteiger partial charge >= 0.3 is 5.97 Å². The number of carboxylic acid groups (broad SMARTS) is 1. The second kappa shape index (κ2) is 13.1. The van der Waals surface area contributed by atoms with Gasteiger partial charge in [0.2, 0.25) is 17.7 Å². The molecular weight excluding hydrogens is 456 g/mol. The summed E-state index contributed by atoms with van der Waals surface area (Å²) < 4.78 is 0. The summed E-state index contributed by atoms with van der Waals surface area (Å²) in [4.78, 5) is 50.4. The number of carbonyl (C=O) groups is 4. The lowest BCUT2D eigenvalue weighted by molar-refractivity contribution is -0.145.